The van der Waals surface area contributed by atoms with Crippen LogP contribution in [-0.4, -0.2) is 26.7 Å². The number of aromatic nitrogens is 2. The molecule has 0 aliphatic heterocycles. The first kappa shape index (κ1) is 11.6. The minimum atomic E-state index is -0.160. The van der Waals surface area contributed by atoms with Gasteiger partial charge in [0, 0.05) is 25.7 Å². The van der Waals surface area contributed by atoms with Gasteiger partial charge in [0.2, 0.25) is 0 Å². The standard InChI is InChI=1S/C9H14N4OS/c1-6(3-8(10)15)12-9(14)7-4-11-13(2)5-7/h4-6H,3H2,1-2H3,(H2,10,15)(H,12,14). The second-order valence-electron chi connectivity index (χ2n) is 3.45. The predicted octanol–water partition coefficient (Wildman–Crippen LogP) is 0.215. The molecule has 0 saturated heterocycles. The van der Waals surface area contributed by atoms with Crippen molar-refractivity contribution in [2.45, 2.75) is 19.4 Å². The maximum absolute atomic E-state index is 11.6. The Morgan fingerprint density at radius 3 is 2.93 bits per heavy atom. The number of carbonyl (C=O) groups is 1. The van der Waals surface area contributed by atoms with E-state index in [1.165, 1.54) is 6.20 Å². The van der Waals surface area contributed by atoms with E-state index in [9.17, 15) is 4.79 Å². The van der Waals surface area contributed by atoms with Gasteiger partial charge in [-0.25, -0.2) is 0 Å². The fourth-order valence-electron chi connectivity index (χ4n) is 1.20. The van der Waals surface area contributed by atoms with E-state index in [0.717, 1.165) is 0 Å². The third kappa shape index (κ3) is 3.67. The first-order valence-electron chi connectivity index (χ1n) is 4.57. The summed E-state index contributed by atoms with van der Waals surface area (Å²) < 4.78 is 1.58. The lowest BCUT2D eigenvalue weighted by Gasteiger charge is -2.11. The molecular weight excluding hydrogens is 212 g/mol. The van der Waals surface area contributed by atoms with Gasteiger partial charge in [0.05, 0.1) is 16.7 Å². The molecule has 0 aliphatic rings. The molecule has 0 bridgehead atoms. The Morgan fingerprint density at radius 2 is 2.47 bits per heavy atom. The van der Waals surface area contributed by atoms with E-state index in [-0.39, 0.29) is 11.9 Å². The number of amides is 1. The lowest BCUT2D eigenvalue weighted by molar-refractivity contribution is 0.0941. The van der Waals surface area contributed by atoms with Gasteiger partial charge < -0.3 is 11.1 Å². The number of hydrogen-bond donors (Lipinski definition) is 2. The molecule has 1 unspecified atom stereocenters. The van der Waals surface area contributed by atoms with Gasteiger partial charge in [-0.05, 0) is 6.92 Å². The molecule has 82 valence electrons. The molecule has 1 atom stereocenters. The monoisotopic (exact) mass is 226 g/mol. The molecule has 3 N–H and O–H groups in total. The van der Waals surface area contributed by atoms with Crippen LogP contribution < -0.4 is 11.1 Å². The summed E-state index contributed by atoms with van der Waals surface area (Å²) in [7, 11) is 1.76. The zero-order valence-corrected chi connectivity index (χ0v) is 9.54. The number of carbonyl (C=O) groups excluding carboxylic acids is 1. The molecule has 1 amide bonds. The van der Waals surface area contributed by atoms with Crippen molar-refractivity contribution >= 4 is 23.1 Å². The SMILES string of the molecule is CC(CC(N)=S)NC(=O)c1cnn(C)c1. The predicted molar refractivity (Wildman–Crippen MR) is 61.5 cm³/mol. The average molecular weight is 226 g/mol. The van der Waals surface area contributed by atoms with Gasteiger partial charge in [0.15, 0.2) is 0 Å². The van der Waals surface area contributed by atoms with Gasteiger partial charge in [-0.2, -0.15) is 5.10 Å². The van der Waals surface area contributed by atoms with Crippen LogP contribution in [-0.2, 0) is 7.05 Å². The van der Waals surface area contributed by atoms with Gasteiger partial charge in [-0.3, -0.25) is 9.48 Å². The molecule has 6 heteroatoms. The van der Waals surface area contributed by atoms with Crippen molar-refractivity contribution in [1.29, 1.82) is 0 Å². The van der Waals surface area contributed by atoms with Gasteiger partial charge in [0.1, 0.15) is 0 Å². The summed E-state index contributed by atoms with van der Waals surface area (Å²) in [5.41, 5.74) is 5.91. The van der Waals surface area contributed by atoms with Crippen molar-refractivity contribution in [3.63, 3.8) is 0 Å². The number of nitrogens with one attached hydrogen (secondary N) is 1. The van der Waals surface area contributed by atoms with Crippen molar-refractivity contribution < 1.29 is 4.79 Å². The van der Waals surface area contributed by atoms with Crippen molar-refractivity contribution in [3.05, 3.63) is 18.0 Å². The number of hydrogen-bond acceptors (Lipinski definition) is 3. The van der Waals surface area contributed by atoms with Crippen LogP contribution >= 0.6 is 12.2 Å². The van der Waals surface area contributed by atoms with Crippen LogP contribution in [0.3, 0.4) is 0 Å². The molecule has 0 fully saturated rings. The second-order valence-corrected chi connectivity index (χ2v) is 3.97. The highest BCUT2D eigenvalue weighted by molar-refractivity contribution is 7.80. The summed E-state index contributed by atoms with van der Waals surface area (Å²) in [6.07, 6.45) is 3.67. The van der Waals surface area contributed by atoms with E-state index in [1.807, 2.05) is 6.92 Å². The molecule has 0 spiro atoms. The van der Waals surface area contributed by atoms with E-state index in [4.69, 9.17) is 18.0 Å². The lowest BCUT2D eigenvalue weighted by Crippen LogP contribution is -2.35. The molecule has 0 radical (unpaired) electrons. The third-order valence-electron chi connectivity index (χ3n) is 1.85. The van der Waals surface area contributed by atoms with Crippen LogP contribution in [0.2, 0.25) is 0 Å². The largest absolute Gasteiger partial charge is 0.393 e. The summed E-state index contributed by atoms with van der Waals surface area (Å²) in [6, 6.07) is -0.0600. The average Bonchev–Trinajstić information content (AvgIpc) is 2.49. The van der Waals surface area contributed by atoms with E-state index >= 15 is 0 Å². The maximum atomic E-state index is 11.6. The van der Waals surface area contributed by atoms with Gasteiger partial charge in [0.25, 0.3) is 5.91 Å². The van der Waals surface area contributed by atoms with Crippen molar-refractivity contribution in [3.8, 4) is 0 Å². The number of aryl methyl sites for hydroxylation is 1. The summed E-state index contributed by atoms with van der Waals surface area (Å²) in [6.45, 7) is 1.85. The smallest absolute Gasteiger partial charge is 0.254 e. The van der Waals surface area contributed by atoms with E-state index < -0.39 is 0 Å². The van der Waals surface area contributed by atoms with E-state index in [1.54, 1.807) is 17.9 Å². The van der Waals surface area contributed by atoms with Gasteiger partial charge in [-0.1, -0.05) is 12.2 Å². The molecule has 1 rings (SSSR count). The summed E-state index contributed by atoms with van der Waals surface area (Å²) in [5.74, 6) is -0.160. The van der Waals surface area contributed by atoms with Gasteiger partial charge in [-0.15, -0.1) is 0 Å². The van der Waals surface area contributed by atoms with Crippen LogP contribution in [0.15, 0.2) is 12.4 Å². The molecule has 1 aromatic heterocycles. The molecule has 0 saturated carbocycles. The molecule has 1 aromatic rings. The van der Waals surface area contributed by atoms with E-state index in [0.29, 0.717) is 17.0 Å². The number of rotatable bonds is 4. The summed E-state index contributed by atoms with van der Waals surface area (Å²) in [5, 5.41) is 6.69. The summed E-state index contributed by atoms with van der Waals surface area (Å²) >= 11 is 4.76. The fourth-order valence-corrected chi connectivity index (χ4v) is 1.45. The molecule has 1 heterocycles. The molecule has 15 heavy (non-hydrogen) atoms. The molecule has 0 aromatic carbocycles. The highest BCUT2D eigenvalue weighted by Gasteiger charge is 2.11. The van der Waals surface area contributed by atoms with Crippen molar-refractivity contribution in [1.82, 2.24) is 15.1 Å². The molecular formula is C9H14N4OS. The Bertz CT molecular complexity index is 374. The van der Waals surface area contributed by atoms with Crippen molar-refractivity contribution in [2.24, 2.45) is 12.8 Å². The third-order valence-corrected chi connectivity index (χ3v) is 2.02. The Balaban J connectivity index is 2.52. The second kappa shape index (κ2) is 4.88. The molecule has 5 nitrogen and oxygen atoms in total. The van der Waals surface area contributed by atoms with Crippen LogP contribution in [0.4, 0.5) is 0 Å². The van der Waals surface area contributed by atoms with Crippen molar-refractivity contribution in [2.75, 3.05) is 0 Å². The normalized spacial score (nSPS) is 12.1. The zero-order valence-electron chi connectivity index (χ0n) is 8.73. The minimum absolute atomic E-state index is 0.0600. The Labute approximate surface area is 93.6 Å². The van der Waals surface area contributed by atoms with Gasteiger partial charge >= 0.3 is 0 Å². The van der Waals surface area contributed by atoms with Crippen LogP contribution in [0.5, 0.6) is 0 Å². The Morgan fingerprint density at radius 1 is 1.80 bits per heavy atom. The first-order chi connectivity index (χ1) is 6.99. The highest BCUT2D eigenvalue weighted by Crippen LogP contribution is 1.98. The highest BCUT2D eigenvalue weighted by atomic mass is 32.1. The molecule has 0 aliphatic carbocycles. The Kier molecular flexibility index (Phi) is 3.79. The fraction of sp³-hybridized carbons (Fsp3) is 0.444. The van der Waals surface area contributed by atoms with Crippen LogP contribution in [0.25, 0.3) is 0 Å². The minimum Gasteiger partial charge on any atom is -0.393 e. The number of nitrogens with two attached hydrogens (primary N) is 1. The quantitative estimate of drug-likeness (QED) is 0.720. The summed E-state index contributed by atoms with van der Waals surface area (Å²) in [4.78, 5) is 12.0. The number of nitrogens with zero attached hydrogens (tertiary/aromatic N) is 2. The maximum Gasteiger partial charge on any atom is 0.254 e. The Hall–Kier alpha value is -1.43. The lowest BCUT2D eigenvalue weighted by atomic mass is 10.2. The number of thiocarbonyl (C=S) groups is 1. The zero-order chi connectivity index (χ0) is 11.4. The van der Waals surface area contributed by atoms with E-state index in [2.05, 4.69) is 10.4 Å². The topological polar surface area (TPSA) is 72.9 Å². The van der Waals surface area contributed by atoms with Crippen LogP contribution in [0, 0.1) is 0 Å². The first-order valence-corrected chi connectivity index (χ1v) is 4.97. The van der Waals surface area contributed by atoms with Crippen LogP contribution in [0.1, 0.15) is 23.7 Å².